The molecule has 2 heterocycles. The van der Waals surface area contributed by atoms with Crippen LogP contribution in [0.2, 0.25) is 0 Å². The van der Waals surface area contributed by atoms with Crippen molar-refractivity contribution in [2.45, 2.75) is 31.5 Å². The van der Waals surface area contributed by atoms with E-state index in [1.54, 1.807) is 11.0 Å². The summed E-state index contributed by atoms with van der Waals surface area (Å²) in [5.41, 5.74) is -0.591. The Morgan fingerprint density at radius 2 is 2.47 bits per heavy atom. The maximum atomic E-state index is 12.0. The summed E-state index contributed by atoms with van der Waals surface area (Å²) in [6.07, 6.45) is 2.82. The summed E-state index contributed by atoms with van der Waals surface area (Å²) in [7, 11) is 0. The van der Waals surface area contributed by atoms with E-state index in [1.807, 2.05) is 6.92 Å². The van der Waals surface area contributed by atoms with E-state index >= 15 is 0 Å². The van der Waals surface area contributed by atoms with Crippen LogP contribution in [0.15, 0.2) is 23.0 Å². The molecule has 1 aromatic heterocycles. The Morgan fingerprint density at radius 3 is 3.00 bits per heavy atom. The Kier molecular flexibility index (Phi) is 3.22. The van der Waals surface area contributed by atoms with Gasteiger partial charge in [-0.15, -0.1) is 0 Å². The number of carbonyl (C=O) groups excluding carboxylic acids is 1. The van der Waals surface area contributed by atoms with Gasteiger partial charge < -0.3 is 19.5 Å². The first kappa shape index (κ1) is 12.1. The first-order valence-electron chi connectivity index (χ1n) is 5.79. The number of β-amino-alcohol motifs (C(OH)–C–C–N with tert-alkyl or cyclic N) is 1. The zero-order valence-corrected chi connectivity index (χ0v) is 9.80. The lowest BCUT2D eigenvalue weighted by Crippen LogP contribution is -2.56. The molecule has 0 aromatic carbocycles. The highest BCUT2D eigenvalue weighted by Gasteiger charge is 2.40. The van der Waals surface area contributed by atoms with Gasteiger partial charge in [-0.25, -0.2) is 0 Å². The molecular formula is C12H17NO4. The van der Waals surface area contributed by atoms with Crippen molar-refractivity contribution in [3.8, 4) is 0 Å². The Bertz CT molecular complexity index is 389. The molecule has 2 rings (SSSR count). The lowest BCUT2D eigenvalue weighted by Gasteiger charge is -2.41. The number of hydrogen-bond donors (Lipinski definition) is 2. The highest BCUT2D eigenvalue weighted by Crippen LogP contribution is 2.26. The topological polar surface area (TPSA) is 73.9 Å². The molecule has 0 saturated carbocycles. The number of amides is 1. The monoisotopic (exact) mass is 239 g/mol. The molecule has 1 fully saturated rings. The van der Waals surface area contributed by atoms with Gasteiger partial charge in [0.05, 0.1) is 17.4 Å². The largest absolute Gasteiger partial charge is 0.472 e. The molecule has 17 heavy (non-hydrogen) atoms. The molecule has 0 unspecified atom stereocenters. The molecule has 0 aliphatic carbocycles. The molecule has 5 heteroatoms. The first-order chi connectivity index (χ1) is 8.07. The summed E-state index contributed by atoms with van der Waals surface area (Å²) in [5, 5.41) is 19.9. The van der Waals surface area contributed by atoms with Crippen molar-refractivity contribution < 1.29 is 19.4 Å². The van der Waals surface area contributed by atoms with Crippen LogP contribution in [0.25, 0.3) is 0 Å². The standard InChI is InChI=1S/C12H17NO4/c1-2-12(16)4-5-13(7-10(12)14)11(15)9-3-6-17-8-9/h3,6,8,10,14,16H,2,4-5,7H2,1H3/t10-,12-/m1/s1. The predicted octanol–water partition coefficient (Wildman–Crippen LogP) is 0.627. The van der Waals surface area contributed by atoms with Gasteiger partial charge in [0.2, 0.25) is 0 Å². The van der Waals surface area contributed by atoms with Crippen LogP contribution < -0.4 is 0 Å². The number of carbonyl (C=O) groups is 1. The quantitative estimate of drug-likeness (QED) is 0.793. The van der Waals surface area contributed by atoms with Crippen LogP contribution in [0, 0.1) is 0 Å². The van der Waals surface area contributed by atoms with Crippen molar-refractivity contribution in [3.63, 3.8) is 0 Å². The molecular weight excluding hydrogens is 222 g/mol. The smallest absolute Gasteiger partial charge is 0.257 e. The third-order valence-corrected chi connectivity index (χ3v) is 3.50. The zero-order valence-electron chi connectivity index (χ0n) is 9.80. The number of rotatable bonds is 2. The molecule has 94 valence electrons. The van der Waals surface area contributed by atoms with Crippen molar-refractivity contribution in [1.82, 2.24) is 4.90 Å². The lowest BCUT2D eigenvalue weighted by molar-refractivity contribution is -0.114. The van der Waals surface area contributed by atoms with Crippen LogP contribution in [0.3, 0.4) is 0 Å². The van der Waals surface area contributed by atoms with E-state index in [4.69, 9.17) is 4.42 Å². The van der Waals surface area contributed by atoms with Gasteiger partial charge in [0, 0.05) is 13.1 Å². The van der Waals surface area contributed by atoms with Crippen LogP contribution in [0.1, 0.15) is 30.1 Å². The van der Waals surface area contributed by atoms with Crippen molar-refractivity contribution in [1.29, 1.82) is 0 Å². The summed E-state index contributed by atoms with van der Waals surface area (Å²) in [4.78, 5) is 13.5. The highest BCUT2D eigenvalue weighted by atomic mass is 16.3. The van der Waals surface area contributed by atoms with Gasteiger partial charge in [0.25, 0.3) is 5.91 Å². The molecule has 2 N–H and O–H groups in total. The number of aliphatic hydroxyl groups is 2. The SMILES string of the molecule is CC[C@@]1(O)CCN(C(=O)c2ccoc2)C[C@H]1O. The van der Waals surface area contributed by atoms with Crippen molar-refractivity contribution in [2.24, 2.45) is 0 Å². The van der Waals surface area contributed by atoms with E-state index in [2.05, 4.69) is 0 Å². The van der Waals surface area contributed by atoms with Crippen molar-refractivity contribution in [2.75, 3.05) is 13.1 Å². The molecule has 0 bridgehead atoms. The van der Waals surface area contributed by atoms with E-state index in [1.165, 1.54) is 12.5 Å². The molecule has 1 saturated heterocycles. The summed E-state index contributed by atoms with van der Waals surface area (Å²) in [5.74, 6) is -0.170. The normalized spacial score (nSPS) is 29.4. The average molecular weight is 239 g/mol. The van der Waals surface area contributed by atoms with Crippen LogP contribution in [-0.2, 0) is 0 Å². The average Bonchev–Trinajstić information content (AvgIpc) is 2.85. The predicted molar refractivity (Wildman–Crippen MR) is 60.5 cm³/mol. The van der Waals surface area contributed by atoms with Gasteiger partial charge in [0.1, 0.15) is 12.4 Å². The Hall–Kier alpha value is -1.33. The molecule has 0 spiro atoms. The summed E-state index contributed by atoms with van der Waals surface area (Å²) >= 11 is 0. The third kappa shape index (κ3) is 2.21. The van der Waals surface area contributed by atoms with Gasteiger partial charge in [0.15, 0.2) is 0 Å². The number of furan rings is 1. The Balaban J connectivity index is 2.05. The van der Waals surface area contributed by atoms with Gasteiger partial charge >= 0.3 is 0 Å². The highest BCUT2D eigenvalue weighted by molar-refractivity contribution is 5.93. The third-order valence-electron chi connectivity index (χ3n) is 3.50. The van der Waals surface area contributed by atoms with E-state index in [0.29, 0.717) is 24.9 Å². The van der Waals surface area contributed by atoms with Crippen LogP contribution in [-0.4, -0.2) is 45.8 Å². The summed E-state index contributed by atoms with van der Waals surface area (Å²) < 4.78 is 4.86. The van der Waals surface area contributed by atoms with Gasteiger partial charge in [-0.05, 0) is 18.9 Å². The molecule has 1 aliphatic rings. The summed E-state index contributed by atoms with van der Waals surface area (Å²) in [6.45, 7) is 2.44. The van der Waals surface area contributed by atoms with E-state index in [9.17, 15) is 15.0 Å². The van der Waals surface area contributed by atoms with Gasteiger partial charge in [-0.2, -0.15) is 0 Å². The minimum atomic E-state index is -1.06. The number of piperidine rings is 1. The van der Waals surface area contributed by atoms with Gasteiger partial charge in [-0.3, -0.25) is 4.79 Å². The fraction of sp³-hybridized carbons (Fsp3) is 0.583. The minimum absolute atomic E-state index is 0.161. The molecule has 0 radical (unpaired) electrons. The Labute approximate surface area is 99.6 Å². The minimum Gasteiger partial charge on any atom is -0.472 e. The molecule has 1 amide bonds. The maximum absolute atomic E-state index is 12.0. The lowest BCUT2D eigenvalue weighted by atomic mass is 9.86. The molecule has 1 aromatic rings. The molecule has 5 nitrogen and oxygen atoms in total. The molecule has 2 atom stereocenters. The molecule has 1 aliphatic heterocycles. The number of hydrogen-bond acceptors (Lipinski definition) is 4. The fourth-order valence-electron chi connectivity index (χ4n) is 2.13. The van der Waals surface area contributed by atoms with E-state index in [-0.39, 0.29) is 12.5 Å². The second-order valence-corrected chi connectivity index (χ2v) is 4.49. The number of likely N-dealkylation sites (tertiary alicyclic amines) is 1. The second kappa shape index (κ2) is 4.50. The van der Waals surface area contributed by atoms with Crippen molar-refractivity contribution >= 4 is 5.91 Å². The fourth-order valence-corrected chi connectivity index (χ4v) is 2.13. The first-order valence-corrected chi connectivity index (χ1v) is 5.79. The second-order valence-electron chi connectivity index (χ2n) is 4.49. The van der Waals surface area contributed by atoms with E-state index < -0.39 is 11.7 Å². The van der Waals surface area contributed by atoms with Crippen LogP contribution in [0.5, 0.6) is 0 Å². The van der Waals surface area contributed by atoms with E-state index in [0.717, 1.165) is 0 Å². The summed E-state index contributed by atoms with van der Waals surface area (Å²) in [6, 6.07) is 1.59. The van der Waals surface area contributed by atoms with Gasteiger partial charge in [-0.1, -0.05) is 6.92 Å². The number of aliphatic hydroxyl groups excluding tert-OH is 1. The maximum Gasteiger partial charge on any atom is 0.257 e. The Morgan fingerprint density at radius 1 is 1.71 bits per heavy atom. The van der Waals surface area contributed by atoms with Crippen LogP contribution in [0.4, 0.5) is 0 Å². The van der Waals surface area contributed by atoms with Crippen LogP contribution >= 0.6 is 0 Å². The van der Waals surface area contributed by atoms with Crippen molar-refractivity contribution in [3.05, 3.63) is 24.2 Å². The zero-order chi connectivity index (χ0) is 12.5. The number of nitrogens with zero attached hydrogens (tertiary/aromatic N) is 1.